The average molecular weight is 150 g/mol. The van der Waals surface area contributed by atoms with E-state index in [0.29, 0.717) is 6.42 Å². The molecule has 0 fully saturated rings. The zero-order valence-corrected chi connectivity index (χ0v) is 6.15. The highest BCUT2D eigenvalue weighted by molar-refractivity contribution is 7.85. The van der Waals surface area contributed by atoms with E-state index in [-0.39, 0.29) is 6.61 Å². The van der Waals surface area contributed by atoms with Gasteiger partial charge in [-0.2, -0.15) is 8.42 Å². The SMILES string of the molecule is C=CCCOS(C)(=O)=O. The molecule has 0 rings (SSSR count). The predicted molar refractivity (Wildman–Crippen MR) is 35.6 cm³/mol. The Bertz CT molecular complexity index is 169. The first-order valence-corrected chi connectivity index (χ1v) is 4.33. The van der Waals surface area contributed by atoms with Crippen LogP contribution in [0.4, 0.5) is 0 Å². The normalized spacial score (nSPS) is 11.2. The number of hydrogen-bond acceptors (Lipinski definition) is 3. The second-order valence-corrected chi connectivity index (χ2v) is 3.25. The van der Waals surface area contributed by atoms with Crippen molar-refractivity contribution in [3.8, 4) is 0 Å². The molecular weight excluding hydrogens is 140 g/mol. The average Bonchev–Trinajstić information content (AvgIpc) is 1.63. The molecule has 0 heterocycles. The Morgan fingerprint density at radius 1 is 1.67 bits per heavy atom. The molecule has 0 spiro atoms. The number of hydrogen-bond donors (Lipinski definition) is 0. The van der Waals surface area contributed by atoms with Crippen LogP contribution in [0.3, 0.4) is 0 Å². The van der Waals surface area contributed by atoms with E-state index >= 15 is 0 Å². The molecule has 0 atom stereocenters. The summed E-state index contributed by atoms with van der Waals surface area (Å²) in [6, 6.07) is 0. The molecule has 0 aliphatic carbocycles. The maximum Gasteiger partial charge on any atom is 0.264 e. The van der Waals surface area contributed by atoms with E-state index in [4.69, 9.17) is 0 Å². The zero-order chi connectivity index (χ0) is 7.33. The second-order valence-electron chi connectivity index (χ2n) is 1.60. The topological polar surface area (TPSA) is 43.4 Å². The lowest BCUT2D eigenvalue weighted by atomic mass is 10.5. The van der Waals surface area contributed by atoms with Gasteiger partial charge < -0.3 is 0 Å². The van der Waals surface area contributed by atoms with Crippen LogP contribution < -0.4 is 0 Å². The summed E-state index contributed by atoms with van der Waals surface area (Å²) in [5.41, 5.74) is 0. The molecule has 0 aliphatic heterocycles. The van der Waals surface area contributed by atoms with Gasteiger partial charge in [-0.15, -0.1) is 6.58 Å². The van der Waals surface area contributed by atoms with Gasteiger partial charge in [0.05, 0.1) is 12.9 Å². The minimum Gasteiger partial charge on any atom is -0.270 e. The lowest BCUT2D eigenvalue weighted by Gasteiger charge is -1.95. The maximum atomic E-state index is 10.2. The third-order valence-electron chi connectivity index (χ3n) is 0.619. The summed E-state index contributed by atoms with van der Waals surface area (Å²) in [7, 11) is -3.24. The lowest BCUT2D eigenvalue weighted by molar-refractivity contribution is 0.328. The minimum absolute atomic E-state index is 0.197. The Balaban J connectivity index is 3.40. The van der Waals surface area contributed by atoms with Crippen LogP contribution in [-0.2, 0) is 14.3 Å². The molecule has 0 aromatic carbocycles. The van der Waals surface area contributed by atoms with Crippen molar-refractivity contribution in [2.75, 3.05) is 12.9 Å². The van der Waals surface area contributed by atoms with Crippen molar-refractivity contribution in [1.29, 1.82) is 0 Å². The van der Waals surface area contributed by atoms with Crippen molar-refractivity contribution >= 4 is 10.1 Å². The molecule has 54 valence electrons. The van der Waals surface area contributed by atoms with Crippen LogP contribution in [0.2, 0.25) is 0 Å². The summed E-state index contributed by atoms with van der Waals surface area (Å²) < 4.78 is 24.9. The molecule has 0 aromatic rings. The van der Waals surface area contributed by atoms with E-state index in [9.17, 15) is 8.42 Å². The molecule has 0 unspecified atom stereocenters. The quantitative estimate of drug-likeness (QED) is 0.334. The Labute approximate surface area is 55.5 Å². The molecular formula is C5H10O3S. The Hall–Kier alpha value is -0.350. The lowest BCUT2D eigenvalue weighted by Crippen LogP contribution is -2.02. The van der Waals surface area contributed by atoms with Crippen LogP contribution in [0, 0.1) is 0 Å². The fourth-order valence-electron chi connectivity index (χ4n) is 0.283. The molecule has 0 amide bonds. The molecule has 4 heteroatoms. The summed E-state index contributed by atoms with van der Waals surface area (Å²) in [6.07, 6.45) is 3.19. The van der Waals surface area contributed by atoms with Gasteiger partial charge in [-0.25, -0.2) is 0 Å². The molecule has 3 nitrogen and oxygen atoms in total. The van der Waals surface area contributed by atoms with Gasteiger partial charge in [0.15, 0.2) is 0 Å². The standard InChI is InChI=1S/C5H10O3S/c1-3-4-5-8-9(2,6)7/h3H,1,4-5H2,2H3. The minimum atomic E-state index is -3.24. The Morgan fingerprint density at radius 3 is 2.56 bits per heavy atom. The largest absolute Gasteiger partial charge is 0.270 e. The monoisotopic (exact) mass is 150 g/mol. The van der Waals surface area contributed by atoms with Gasteiger partial charge in [0, 0.05) is 0 Å². The molecule has 0 aliphatic rings. The summed E-state index contributed by atoms with van der Waals surface area (Å²) in [6.45, 7) is 3.60. The van der Waals surface area contributed by atoms with E-state index in [0.717, 1.165) is 6.26 Å². The van der Waals surface area contributed by atoms with Gasteiger partial charge in [0.1, 0.15) is 0 Å². The molecule has 9 heavy (non-hydrogen) atoms. The van der Waals surface area contributed by atoms with E-state index in [1.165, 1.54) is 0 Å². The highest BCUT2D eigenvalue weighted by Gasteiger charge is 1.97. The third-order valence-corrected chi connectivity index (χ3v) is 1.21. The summed E-state index contributed by atoms with van der Waals surface area (Å²) in [4.78, 5) is 0. The summed E-state index contributed by atoms with van der Waals surface area (Å²) in [5, 5.41) is 0. The fourth-order valence-corrected chi connectivity index (χ4v) is 0.682. The van der Waals surface area contributed by atoms with Crippen LogP contribution >= 0.6 is 0 Å². The van der Waals surface area contributed by atoms with Crippen molar-refractivity contribution in [3.05, 3.63) is 12.7 Å². The van der Waals surface area contributed by atoms with Crippen molar-refractivity contribution in [3.63, 3.8) is 0 Å². The van der Waals surface area contributed by atoms with Crippen molar-refractivity contribution in [1.82, 2.24) is 0 Å². The molecule has 0 N–H and O–H groups in total. The van der Waals surface area contributed by atoms with E-state index < -0.39 is 10.1 Å². The fraction of sp³-hybridized carbons (Fsp3) is 0.600. The van der Waals surface area contributed by atoms with Crippen LogP contribution in [-0.4, -0.2) is 21.3 Å². The van der Waals surface area contributed by atoms with Crippen LogP contribution in [0.5, 0.6) is 0 Å². The van der Waals surface area contributed by atoms with E-state index in [1.54, 1.807) is 6.08 Å². The van der Waals surface area contributed by atoms with Gasteiger partial charge in [-0.3, -0.25) is 4.18 Å². The Kier molecular flexibility index (Phi) is 3.49. The first kappa shape index (κ1) is 8.65. The molecule has 0 bridgehead atoms. The van der Waals surface area contributed by atoms with Crippen LogP contribution in [0.1, 0.15) is 6.42 Å². The molecule has 0 aromatic heterocycles. The predicted octanol–water partition coefficient (Wildman–Crippen LogP) is 0.539. The highest BCUT2D eigenvalue weighted by atomic mass is 32.2. The van der Waals surface area contributed by atoms with Gasteiger partial charge in [-0.05, 0) is 6.42 Å². The van der Waals surface area contributed by atoms with Crippen LogP contribution in [0.25, 0.3) is 0 Å². The van der Waals surface area contributed by atoms with Gasteiger partial charge >= 0.3 is 0 Å². The smallest absolute Gasteiger partial charge is 0.264 e. The van der Waals surface area contributed by atoms with Crippen molar-refractivity contribution in [2.45, 2.75) is 6.42 Å². The second kappa shape index (κ2) is 3.63. The van der Waals surface area contributed by atoms with Crippen molar-refractivity contribution in [2.24, 2.45) is 0 Å². The third kappa shape index (κ3) is 7.65. The summed E-state index contributed by atoms with van der Waals surface area (Å²) >= 11 is 0. The zero-order valence-electron chi connectivity index (χ0n) is 5.33. The van der Waals surface area contributed by atoms with E-state index in [1.807, 2.05) is 0 Å². The van der Waals surface area contributed by atoms with Crippen molar-refractivity contribution < 1.29 is 12.6 Å². The first-order valence-electron chi connectivity index (χ1n) is 2.51. The first-order chi connectivity index (χ1) is 4.06. The van der Waals surface area contributed by atoms with E-state index in [2.05, 4.69) is 10.8 Å². The highest BCUT2D eigenvalue weighted by Crippen LogP contribution is 1.88. The van der Waals surface area contributed by atoms with Gasteiger partial charge in [-0.1, -0.05) is 6.08 Å². The number of rotatable bonds is 4. The van der Waals surface area contributed by atoms with Crippen LogP contribution in [0.15, 0.2) is 12.7 Å². The molecule has 0 radical (unpaired) electrons. The molecule has 0 saturated heterocycles. The van der Waals surface area contributed by atoms with Gasteiger partial charge in [0.25, 0.3) is 10.1 Å². The summed E-state index contributed by atoms with van der Waals surface area (Å²) in [5.74, 6) is 0. The Morgan fingerprint density at radius 2 is 2.22 bits per heavy atom. The molecule has 0 saturated carbocycles. The maximum absolute atomic E-state index is 10.2. The van der Waals surface area contributed by atoms with Gasteiger partial charge in [0.2, 0.25) is 0 Å².